The Morgan fingerprint density at radius 1 is 1.20 bits per heavy atom. The van der Waals surface area contributed by atoms with Crippen LogP contribution in [0.5, 0.6) is 17.2 Å². The van der Waals surface area contributed by atoms with Gasteiger partial charge < -0.3 is 24.1 Å². The molecule has 1 aromatic heterocycles. The van der Waals surface area contributed by atoms with E-state index in [4.69, 9.17) is 14.2 Å². The smallest absolute Gasteiger partial charge is 0.234 e. The van der Waals surface area contributed by atoms with Crippen LogP contribution in [0.4, 0.5) is 5.69 Å². The fourth-order valence-electron chi connectivity index (χ4n) is 3.01. The molecule has 30 heavy (non-hydrogen) atoms. The molecule has 0 bridgehead atoms. The van der Waals surface area contributed by atoms with Crippen molar-refractivity contribution in [2.45, 2.75) is 32.2 Å². The lowest BCUT2D eigenvalue weighted by Crippen LogP contribution is -2.15. The van der Waals surface area contributed by atoms with Gasteiger partial charge in [0.25, 0.3) is 0 Å². The number of carbonyl (C=O) groups is 1. The van der Waals surface area contributed by atoms with E-state index in [0.29, 0.717) is 35.5 Å². The molecular formula is C21H22N4O4S. The summed E-state index contributed by atoms with van der Waals surface area (Å²) in [6.45, 7) is 5.21. The van der Waals surface area contributed by atoms with E-state index in [0.717, 1.165) is 17.1 Å². The monoisotopic (exact) mass is 426 g/mol. The van der Waals surface area contributed by atoms with Crippen LogP contribution in [0.2, 0.25) is 0 Å². The highest BCUT2D eigenvalue weighted by atomic mass is 32.2. The Bertz CT molecular complexity index is 1050. The molecule has 9 heteroatoms. The van der Waals surface area contributed by atoms with Crippen molar-refractivity contribution in [1.82, 2.24) is 14.8 Å². The zero-order valence-electron chi connectivity index (χ0n) is 16.8. The van der Waals surface area contributed by atoms with Crippen LogP contribution >= 0.6 is 11.8 Å². The van der Waals surface area contributed by atoms with E-state index in [-0.39, 0.29) is 18.5 Å². The standard InChI is InChI=1S/C21H22N4O4S/c1-3-25-19(11-27-16-7-5-4-6-14(16)2)23-24-21(25)30-12-20(26)22-15-8-9-17-18(10-15)29-13-28-17/h4-10H,3,11-13H2,1-2H3,(H,22,26). The molecule has 0 aliphatic carbocycles. The number of para-hydroxylation sites is 1. The summed E-state index contributed by atoms with van der Waals surface area (Å²) in [5.41, 5.74) is 1.73. The number of aromatic nitrogens is 3. The molecule has 1 amide bonds. The maximum atomic E-state index is 12.4. The van der Waals surface area contributed by atoms with Gasteiger partial charge in [0.05, 0.1) is 5.75 Å². The Morgan fingerprint density at radius 3 is 2.87 bits per heavy atom. The lowest BCUT2D eigenvalue weighted by Gasteiger charge is -2.10. The van der Waals surface area contributed by atoms with Crippen LogP contribution < -0.4 is 19.5 Å². The van der Waals surface area contributed by atoms with E-state index in [9.17, 15) is 4.79 Å². The van der Waals surface area contributed by atoms with Gasteiger partial charge in [-0.3, -0.25) is 4.79 Å². The number of hydrogen-bond donors (Lipinski definition) is 1. The van der Waals surface area contributed by atoms with E-state index >= 15 is 0 Å². The van der Waals surface area contributed by atoms with Gasteiger partial charge in [0.1, 0.15) is 12.4 Å². The normalized spacial score (nSPS) is 12.1. The fourth-order valence-corrected chi connectivity index (χ4v) is 3.83. The first kappa shape index (κ1) is 20.1. The second kappa shape index (κ2) is 9.08. The van der Waals surface area contributed by atoms with E-state index in [1.54, 1.807) is 18.2 Å². The molecule has 0 saturated carbocycles. The molecule has 0 radical (unpaired) electrons. The minimum absolute atomic E-state index is 0.137. The first-order valence-corrected chi connectivity index (χ1v) is 10.6. The first-order chi connectivity index (χ1) is 14.6. The Hall–Kier alpha value is -3.20. The summed E-state index contributed by atoms with van der Waals surface area (Å²) in [6.07, 6.45) is 0. The SMILES string of the molecule is CCn1c(COc2ccccc2C)nnc1SCC(=O)Nc1ccc2c(c1)OCO2. The van der Waals surface area contributed by atoms with Crippen molar-refractivity contribution in [2.75, 3.05) is 17.9 Å². The quantitative estimate of drug-likeness (QED) is 0.550. The van der Waals surface area contributed by atoms with Gasteiger partial charge in [0.2, 0.25) is 12.7 Å². The van der Waals surface area contributed by atoms with E-state index in [1.807, 2.05) is 42.7 Å². The Kier molecular flexibility index (Phi) is 6.08. The van der Waals surface area contributed by atoms with Gasteiger partial charge in [-0.25, -0.2) is 0 Å². The average molecular weight is 426 g/mol. The number of nitrogens with one attached hydrogen (secondary N) is 1. The molecule has 0 unspecified atom stereocenters. The number of rotatable bonds is 8. The topological polar surface area (TPSA) is 87.5 Å². The van der Waals surface area contributed by atoms with Gasteiger partial charge >= 0.3 is 0 Å². The van der Waals surface area contributed by atoms with Crippen molar-refractivity contribution in [1.29, 1.82) is 0 Å². The van der Waals surface area contributed by atoms with Crippen LogP contribution in [0.3, 0.4) is 0 Å². The third-order valence-corrected chi connectivity index (χ3v) is 5.52. The van der Waals surface area contributed by atoms with Gasteiger partial charge in [-0.15, -0.1) is 10.2 Å². The van der Waals surface area contributed by atoms with Gasteiger partial charge in [-0.2, -0.15) is 0 Å². The van der Waals surface area contributed by atoms with Crippen molar-refractivity contribution in [3.63, 3.8) is 0 Å². The Balaban J connectivity index is 1.34. The number of fused-ring (bicyclic) bond motifs is 1. The highest BCUT2D eigenvalue weighted by molar-refractivity contribution is 7.99. The third-order valence-electron chi connectivity index (χ3n) is 4.55. The molecule has 1 aliphatic rings. The molecule has 156 valence electrons. The van der Waals surface area contributed by atoms with Crippen LogP contribution in [0.25, 0.3) is 0 Å². The predicted octanol–water partition coefficient (Wildman–Crippen LogP) is 3.64. The van der Waals surface area contributed by atoms with Crippen molar-refractivity contribution < 1.29 is 19.0 Å². The number of anilines is 1. The molecule has 0 spiro atoms. The maximum absolute atomic E-state index is 12.4. The second-order valence-corrected chi connectivity index (χ2v) is 7.54. The molecule has 0 atom stereocenters. The number of hydrogen-bond acceptors (Lipinski definition) is 7. The minimum atomic E-state index is -0.137. The molecule has 1 aliphatic heterocycles. The highest BCUT2D eigenvalue weighted by Crippen LogP contribution is 2.34. The van der Waals surface area contributed by atoms with Crippen molar-refractivity contribution >= 4 is 23.4 Å². The summed E-state index contributed by atoms with van der Waals surface area (Å²) >= 11 is 1.34. The van der Waals surface area contributed by atoms with Gasteiger partial charge in [-0.1, -0.05) is 30.0 Å². The molecule has 0 fully saturated rings. The van der Waals surface area contributed by atoms with Crippen LogP contribution in [0.15, 0.2) is 47.6 Å². The minimum Gasteiger partial charge on any atom is -0.485 e. The third kappa shape index (κ3) is 4.51. The van der Waals surface area contributed by atoms with Crippen LogP contribution in [0.1, 0.15) is 18.3 Å². The first-order valence-electron chi connectivity index (χ1n) is 9.57. The molecular weight excluding hydrogens is 404 g/mol. The lowest BCUT2D eigenvalue weighted by atomic mass is 10.2. The molecule has 3 aromatic rings. The Labute approximate surface area is 178 Å². The summed E-state index contributed by atoms with van der Waals surface area (Å²) < 4.78 is 18.5. The van der Waals surface area contributed by atoms with E-state index < -0.39 is 0 Å². The summed E-state index contributed by atoms with van der Waals surface area (Å²) in [6, 6.07) is 13.1. The molecule has 8 nitrogen and oxygen atoms in total. The fraction of sp³-hybridized carbons (Fsp3) is 0.286. The number of nitrogens with zero attached hydrogens (tertiary/aromatic N) is 3. The number of thioether (sulfide) groups is 1. The predicted molar refractivity (Wildman–Crippen MR) is 113 cm³/mol. The van der Waals surface area contributed by atoms with Crippen molar-refractivity contribution in [3.05, 3.63) is 53.9 Å². The molecule has 2 heterocycles. The van der Waals surface area contributed by atoms with Crippen LogP contribution in [-0.2, 0) is 17.9 Å². The second-order valence-electron chi connectivity index (χ2n) is 6.60. The summed E-state index contributed by atoms with van der Waals surface area (Å²) in [4.78, 5) is 12.4. The van der Waals surface area contributed by atoms with E-state index in [1.165, 1.54) is 11.8 Å². The summed E-state index contributed by atoms with van der Waals surface area (Å²) in [5, 5.41) is 12.0. The number of benzene rings is 2. The number of carbonyl (C=O) groups excluding carboxylic acids is 1. The molecule has 0 saturated heterocycles. The van der Waals surface area contributed by atoms with Gasteiger partial charge in [0.15, 0.2) is 22.5 Å². The molecule has 2 aromatic carbocycles. The van der Waals surface area contributed by atoms with Crippen molar-refractivity contribution in [2.24, 2.45) is 0 Å². The highest BCUT2D eigenvalue weighted by Gasteiger charge is 2.16. The summed E-state index contributed by atoms with van der Waals surface area (Å²) in [5.74, 6) is 2.93. The zero-order valence-corrected chi connectivity index (χ0v) is 17.6. The van der Waals surface area contributed by atoms with Crippen molar-refractivity contribution in [3.8, 4) is 17.2 Å². The zero-order chi connectivity index (χ0) is 20.9. The van der Waals surface area contributed by atoms with Gasteiger partial charge in [-0.05, 0) is 37.6 Å². The van der Waals surface area contributed by atoms with E-state index in [2.05, 4.69) is 15.5 Å². The van der Waals surface area contributed by atoms with Crippen LogP contribution in [-0.4, -0.2) is 33.2 Å². The number of ether oxygens (including phenoxy) is 3. The Morgan fingerprint density at radius 2 is 2.03 bits per heavy atom. The lowest BCUT2D eigenvalue weighted by molar-refractivity contribution is -0.113. The largest absolute Gasteiger partial charge is 0.485 e. The number of amides is 1. The number of aryl methyl sites for hydroxylation is 1. The average Bonchev–Trinajstić information content (AvgIpc) is 3.37. The van der Waals surface area contributed by atoms with Crippen LogP contribution in [0, 0.1) is 6.92 Å². The summed E-state index contributed by atoms with van der Waals surface area (Å²) in [7, 11) is 0. The molecule has 1 N–H and O–H groups in total. The van der Waals surface area contributed by atoms with Gasteiger partial charge in [0, 0.05) is 18.3 Å². The molecule has 4 rings (SSSR count). The maximum Gasteiger partial charge on any atom is 0.234 e.